The first-order valence-electron chi connectivity index (χ1n) is 4.80. The van der Waals surface area contributed by atoms with Crippen molar-refractivity contribution in [1.82, 2.24) is 10.5 Å². The van der Waals surface area contributed by atoms with Gasteiger partial charge < -0.3 is 9.84 Å². The Hall–Kier alpha value is -1.83. The molecular weight excluding hydrogens is 194 g/mol. The van der Waals surface area contributed by atoms with E-state index in [9.17, 15) is 4.79 Å². The molecule has 5 heteroatoms. The average Bonchev–Trinajstić information content (AvgIpc) is 2.63. The third kappa shape index (κ3) is 2.81. The second kappa shape index (κ2) is 5.15. The lowest BCUT2D eigenvalue weighted by molar-refractivity contribution is 0.0942. The van der Waals surface area contributed by atoms with E-state index in [2.05, 4.69) is 10.5 Å². The van der Waals surface area contributed by atoms with Gasteiger partial charge in [-0.2, -0.15) is 5.26 Å². The van der Waals surface area contributed by atoms with Crippen LogP contribution in [0.15, 0.2) is 10.7 Å². The summed E-state index contributed by atoms with van der Waals surface area (Å²) in [6.45, 7) is 3.62. The summed E-state index contributed by atoms with van der Waals surface area (Å²) < 4.78 is 4.77. The average molecular weight is 207 g/mol. The molecule has 0 aromatic carbocycles. The van der Waals surface area contributed by atoms with E-state index in [1.807, 2.05) is 13.0 Å². The highest BCUT2D eigenvalue weighted by Crippen LogP contribution is 2.06. The number of carbonyl (C=O) groups excluding carboxylic acids is 1. The van der Waals surface area contributed by atoms with Gasteiger partial charge in [-0.15, -0.1) is 0 Å². The third-order valence-electron chi connectivity index (χ3n) is 2.03. The Bertz CT molecular complexity index is 378. The van der Waals surface area contributed by atoms with Crippen molar-refractivity contribution >= 4 is 5.91 Å². The van der Waals surface area contributed by atoms with E-state index >= 15 is 0 Å². The number of carbonyl (C=O) groups is 1. The molecule has 1 heterocycles. The van der Waals surface area contributed by atoms with Gasteiger partial charge in [-0.25, -0.2) is 0 Å². The lowest BCUT2D eigenvalue weighted by atomic mass is 10.1. The molecular formula is C10H13N3O2. The molecule has 5 nitrogen and oxygen atoms in total. The Morgan fingerprint density at radius 1 is 1.80 bits per heavy atom. The number of nitrogens with zero attached hydrogens (tertiary/aromatic N) is 2. The molecule has 1 amide bonds. The smallest absolute Gasteiger partial charge is 0.257 e. The first-order valence-corrected chi connectivity index (χ1v) is 4.80. The topological polar surface area (TPSA) is 78.9 Å². The number of hydrogen-bond donors (Lipinski definition) is 1. The van der Waals surface area contributed by atoms with Crippen LogP contribution in [0, 0.1) is 18.3 Å². The van der Waals surface area contributed by atoms with Crippen LogP contribution < -0.4 is 5.32 Å². The van der Waals surface area contributed by atoms with Crippen molar-refractivity contribution in [3.63, 3.8) is 0 Å². The predicted octanol–water partition coefficient (Wildman–Crippen LogP) is 1.41. The van der Waals surface area contributed by atoms with Crippen molar-refractivity contribution in [3.05, 3.63) is 17.5 Å². The van der Waals surface area contributed by atoms with Crippen LogP contribution in [-0.4, -0.2) is 17.1 Å². The highest BCUT2D eigenvalue weighted by Gasteiger charge is 2.16. The number of nitriles is 1. The van der Waals surface area contributed by atoms with Gasteiger partial charge >= 0.3 is 0 Å². The quantitative estimate of drug-likeness (QED) is 0.809. The van der Waals surface area contributed by atoms with Crippen molar-refractivity contribution in [3.8, 4) is 6.07 Å². The van der Waals surface area contributed by atoms with Crippen LogP contribution in [0.3, 0.4) is 0 Å². The molecule has 0 aliphatic rings. The second-order valence-electron chi connectivity index (χ2n) is 3.24. The fraction of sp³-hybridized carbons (Fsp3) is 0.500. The number of hydrogen-bond acceptors (Lipinski definition) is 4. The zero-order valence-electron chi connectivity index (χ0n) is 8.78. The minimum Gasteiger partial charge on any atom is -0.361 e. The van der Waals surface area contributed by atoms with Crippen LogP contribution in [-0.2, 0) is 0 Å². The van der Waals surface area contributed by atoms with Crippen molar-refractivity contribution in [2.75, 3.05) is 0 Å². The van der Waals surface area contributed by atoms with Crippen LogP contribution in [0.4, 0.5) is 0 Å². The molecule has 0 spiro atoms. The van der Waals surface area contributed by atoms with Gasteiger partial charge in [-0.05, 0) is 13.3 Å². The molecule has 0 bridgehead atoms. The van der Waals surface area contributed by atoms with E-state index < -0.39 is 6.04 Å². The standard InChI is InChI=1S/C10H13N3O2/c1-3-4-8(5-11)13-10(14)9-6-12-15-7(9)2/h6,8H,3-4H2,1-2H3,(H,13,14). The zero-order valence-corrected chi connectivity index (χ0v) is 8.78. The maximum atomic E-state index is 11.6. The fourth-order valence-corrected chi connectivity index (χ4v) is 1.21. The molecule has 0 saturated carbocycles. The van der Waals surface area contributed by atoms with Gasteiger partial charge in [0.25, 0.3) is 5.91 Å². The van der Waals surface area contributed by atoms with Crippen molar-refractivity contribution in [2.24, 2.45) is 0 Å². The Morgan fingerprint density at radius 3 is 3.00 bits per heavy atom. The van der Waals surface area contributed by atoms with Gasteiger partial charge in [-0.1, -0.05) is 18.5 Å². The van der Waals surface area contributed by atoms with Crippen molar-refractivity contribution in [1.29, 1.82) is 5.26 Å². The molecule has 1 N–H and O–H groups in total. The Balaban J connectivity index is 2.64. The largest absolute Gasteiger partial charge is 0.361 e. The van der Waals surface area contributed by atoms with Crippen LogP contribution >= 0.6 is 0 Å². The van der Waals surface area contributed by atoms with Crippen molar-refractivity contribution < 1.29 is 9.32 Å². The number of aryl methyl sites for hydroxylation is 1. The normalized spacial score (nSPS) is 11.8. The number of aromatic nitrogens is 1. The summed E-state index contributed by atoms with van der Waals surface area (Å²) in [6.07, 6.45) is 2.85. The molecule has 80 valence electrons. The van der Waals surface area contributed by atoms with Gasteiger partial charge in [0.15, 0.2) is 0 Å². The van der Waals surface area contributed by atoms with Gasteiger partial charge in [0.05, 0.1) is 12.3 Å². The maximum absolute atomic E-state index is 11.6. The van der Waals surface area contributed by atoms with Gasteiger partial charge in [-0.3, -0.25) is 4.79 Å². The van der Waals surface area contributed by atoms with Gasteiger partial charge in [0.2, 0.25) is 0 Å². The summed E-state index contributed by atoms with van der Waals surface area (Å²) in [6, 6.07) is 1.58. The number of nitrogens with one attached hydrogen (secondary N) is 1. The van der Waals surface area contributed by atoms with E-state index in [1.165, 1.54) is 6.20 Å². The van der Waals surface area contributed by atoms with Crippen LogP contribution in [0.1, 0.15) is 35.9 Å². The highest BCUT2D eigenvalue weighted by atomic mass is 16.5. The highest BCUT2D eigenvalue weighted by molar-refractivity contribution is 5.95. The molecule has 1 aromatic rings. The van der Waals surface area contributed by atoms with Crippen molar-refractivity contribution in [2.45, 2.75) is 32.7 Å². The fourth-order valence-electron chi connectivity index (χ4n) is 1.21. The lowest BCUT2D eigenvalue weighted by Gasteiger charge is -2.08. The van der Waals surface area contributed by atoms with E-state index in [0.717, 1.165) is 6.42 Å². The zero-order chi connectivity index (χ0) is 11.3. The van der Waals surface area contributed by atoms with E-state index in [0.29, 0.717) is 17.7 Å². The summed E-state index contributed by atoms with van der Waals surface area (Å²) in [7, 11) is 0. The first-order chi connectivity index (χ1) is 7.19. The van der Waals surface area contributed by atoms with Gasteiger partial charge in [0, 0.05) is 0 Å². The molecule has 1 rings (SSSR count). The Morgan fingerprint density at radius 2 is 2.53 bits per heavy atom. The molecule has 0 fully saturated rings. The molecule has 0 radical (unpaired) electrons. The minimum absolute atomic E-state index is 0.311. The van der Waals surface area contributed by atoms with E-state index in [-0.39, 0.29) is 5.91 Å². The maximum Gasteiger partial charge on any atom is 0.257 e. The third-order valence-corrected chi connectivity index (χ3v) is 2.03. The van der Waals surface area contributed by atoms with E-state index in [4.69, 9.17) is 9.78 Å². The minimum atomic E-state index is -0.447. The molecule has 15 heavy (non-hydrogen) atoms. The first kappa shape index (κ1) is 11.2. The summed E-state index contributed by atoms with van der Waals surface area (Å²) in [5.41, 5.74) is 0.381. The Kier molecular flexibility index (Phi) is 3.86. The van der Waals surface area contributed by atoms with Crippen LogP contribution in [0.5, 0.6) is 0 Å². The molecule has 1 aromatic heterocycles. The second-order valence-corrected chi connectivity index (χ2v) is 3.24. The molecule has 0 aliphatic heterocycles. The van der Waals surface area contributed by atoms with Gasteiger partial charge in [0.1, 0.15) is 17.4 Å². The lowest BCUT2D eigenvalue weighted by Crippen LogP contribution is -2.33. The van der Waals surface area contributed by atoms with Crippen LogP contribution in [0.25, 0.3) is 0 Å². The summed E-state index contributed by atoms with van der Waals surface area (Å²) in [4.78, 5) is 11.6. The SMILES string of the molecule is CCCC(C#N)NC(=O)c1cnoc1C. The summed E-state index contributed by atoms with van der Waals surface area (Å²) in [5, 5.41) is 14.9. The Labute approximate surface area is 88.1 Å². The molecule has 0 aliphatic carbocycles. The number of rotatable bonds is 4. The molecule has 1 atom stereocenters. The summed E-state index contributed by atoms with van der Waals surface area (Å²) >= 11 is 0. The summed E-state index contributed by atoms with van der Waals surface area (Å²) in [5.74, 6) is 0.148. The molecule has 0 saturated heterocycles. The van der Waals surface area contributed by atoms with E-state index in [1.54, 1.807) is 6.92 Å². The molecule has 1 unspecified atom stereocenters. The predicted molar refractivity (Wildman–Crippen MR) is 53.0 cm³/mol. The number of amides is 1. The van der Waals surface area contributed by atoms with Crippen LogP contribution in [0.2, 0.25) is 0 Å². The monoisotopic (exact) mass is 207 g/mol.